The average molecular weight is 337 g/mol. The highest BCUT2D eigenvalue weighted by molar-refractivity contribution is 5.78. The summed E-state index contributed by atoms with van der Waals surface area (Å²) >= 11 is 0. The predicted molar refractivity (Wildman–Crippen MR) is 100 cm³/mol. The zero-order valence-corrected chi connectivity index (χ0v) is 14.7. The summed E-state index contributed by atoms with van der Waals surface area (Å²) < 4.78 is 0. The van der Waals surface area contributed by atoms with Gasteiger partial charge in [0, 0.05) is 18.9 Å². The molecule has 2 aromatic rings. The van der Waals surface area contributed by atoms with Crippen molar-refractivity contribution in [3.63, 3.8) is 0 Å². The Morgan fingerprint density at radius 3 is 2.48 bits per heavy atom. The third-order valence-corrected chi connectivity index (χ3v) is 4.85. The van der Waals surface area contributed by atoms with E-state index in [4.69, 9.17) is 0 Å². The Kier molecular flexibility index (Phi) is 6.57. The molecule has 1 amide bonds. The number of hydrogen-bond donors (Lipinski definition) is 1. The van der Waals surface area contributed by atoms with Crippen LogP contribution < -0.4 is 5.32 Å². The summed E-state index contributed by atoms with van der Waals surface area (Å²) in [6, 6.07) is 14.6. The zero-order chi connectivity index (χ0) is 17.3. The van der Waals surface area contributed by atoms with Gasteiger partial charge in [-0.05, 0) is 43.1 Å². The van der Waals surface area contributed by atoms with Crippen LogP contribution in [0.3, 0.4) is 0 Å². The lowest BCUT2D eigenvalue weighted by molar-refractivity contribution is -0.120. The zero-order valence-electron chi connectivity index (χ0n) is 14.7. The summed E-state index contributed by atoms with van der Waals surface area (Å²) in [7, 11) is 0. The van der Waals surface area contributed by atoms with Crippen LogP contribution in [0.5, 0.6) is 0 Å². The van der Waals surface area contributed by atoms with Gasteiger partial charge in [0.2, 0.25) is 5.91 Å². The van der Waals surface area contributed by atoms with Crippen LogP contribution in [0.25, 0.3) is 0 Å². The van der Waals surface area contributed by atoms with E-state index >= 15 is 0 Å². The molecule has 3 rings (SSSR count). The molecule has 1 aliphatic heterocycles. The Hall–Kier alpha value is -2.20. The van der Waals surface area contributed by atoms with Gasteiger partial charge in [0.05, 0.1) is 12.5 Å². The van der Waals surface area contributed by atoms with E-state index in [1.807, 2.05) is 18.2 Å². The topological polar surface area (TPSA) is 45.2 Å². The van der Waals surface area contributed by atoms with Crippen LogP contribution >= 0.6 is 0 Å². The highest BCUT2D eigenvalue weighted by Gasteiger charge is 2.22. The van der Waals surface area contributed by atoms with Crippen LogP contribution in [0, 0.1) is 0 Å². The van der Waals surface area contributed by atoms with Crippen LogP contribution in [0.4, 0.5) is 0 Å². The number of nitrogens with zero attached hydrogens (tertiary/aromatic N) is 2. The minimum Gasteiger partial charge on any atom is -0.354 e. The number of hydrogen-bond acceptors (Lipinski definition) is 3. The van der Waals surface area contributed by atoms with Gasteiger partial charge in [-0.15, -0.1) is 0 Å². The SMILES string of the molecule is O=C(Cc1cccnc1)NCC(c1ccccc1)N1CCCCCC1. The molecule has 1 saturated heterocycles. The summed E-state index contributed by atoms with van der Waals surface area (Å²) in [6.45, 7) is 2.87. The summed E-state index contributed by atoms with van der Waals surface area (Å²) in [6.07, 6.45) is 8.97. The molecule has 1 N–H and O–H groups in total. The van der Waals surface area contributed by atoms with Crippen molar-refractivity contribution in [1.29, 1.82) is 0 Å². The van der Waals surface area contributed by atoms with E-state index in [0.717, 1.165) is 18.7 Å². The average Bonchev–Trinajstić information content (AvgIpc) is 2.93. The summed E-state index contributed by atoms with van der Waals surface area (Å²) in [5, 5.41) is 3.14. The molecule has 4 heteroatoms. The fraction of sp³-hybridized carbons (Fsp3) is 0.429. The molecule has 1 aromatic heterocycles. The van der Waals surface area contributed by atoms with E-state index in [0.29, 0.717) is 13.0 Å². The number of aromatic nitrogens is 1. The maximum absolute atomic E-state index is 12.3. The summed E-state index contributed by atoms with van der Waals surface area (Å²) in [4.78, 5) is 19.0. The molecule has 0 radical (unpaired) electrons. The third-order valence-electron chi connectivity index (χ3n) is 4.85. The maximum atomic E-state index is 12.3. The number of benzene rings is 1. The van der Waals surface area contributed by atoms with Crippen LogP contribution in [-0.4, -0.2) is 35.4 Å². The number of carbonyl (C=O) groups excluding carboxylic acids is 1. The van der Waals surface area contributed by atoms with Crippen LogP contribution in [0.2, 0.25) is 0 Å². The van der Waals surface area contributed by atoms with Crippen LogP contribution in [0.1, 0.15) is 42.9 Å². The minimum absolute atomic E-state index is 0.0590. The van der Waals surface area contributed by atoms with E-state index < -0.39 is 0 Å². The van der Waals surface area contributed by atoms with Crippen molar-refractivity contribution in [1.82, 2.24) is 15.2 Å². The van der Waals surface area contributed by atoms with Crippen molar-refractivity contribution in [3.8, 4) is 0 Å². The molecule has 132 valence electrons. The van der Waals surface area contributed by atoms with Gasteiger partial charge in [0.15, 0.2) is 0 Å². The van der Waals surface area contributed by atoms with Gasteiger partial charge < -0.3 is 5.32 Å². The standard InChI is InChI=1S/C21H27N3O/c25-21(15-18-9-8-12-22-16-18)23-17-20(19-10-4-3-5-11-19)24-13-6-1-2-7-14-24/h3-5,8-12,16,20H,1-2,6-7,13-15,17H2,(H,23,25). The Labute approximate surface area is 150 Å². The van der Waals surface area contributed by atoms with Crippen molar-refractivity contribution in [2.24, 2.45) is 0 Å². The van der Waals surface area contributed by atoms with Gasteiger partial charge in [-0.25, -0.2) is 0 Å². The van der Waals surface area contributed by atoms with E-state index in [9.17, 15) is 4.79 Å². The quantitative estimate of drug-likeness (QED) is 0.879. The highest BCUT2D eigenvalue weighted by atomic mass is 16.1. The molecule has 1 unspecified atom stereocenters. The largest absolute Gasteiger partial charge is 0.354 e. The van der Waals surface area contributed by atoms with E-state index in [2.05, 4.69) is 39.5 Å². The highest BCUT2D eigenvalue weighted by Crippen LogP contribution is 2.23. The first kappa shape index (κ1) is 17.6. The number of carbonyl (C=O) groups is 1. The normalized spacial score (nSPS) is 16.8. The van der Waals surface area contributed by atoms with Gasteiger partial charge in [-0.3, -0.25) is 14.7 Å². The number of likely N-dealkylation sites (tertiary alicyclic amines) is 1. The van der Waals surface area contributed by atoms with E-state index in [1.165, 1.54) is 31.2 Å². The number of rotatable bonds is 6. The smallest absolute Gasteiger partial charge is 0.224 e. The lowest BCUT2D eigenvalue weighted by Crippen LogP contribution is -2.39. The Morgan fingerprint density at radius 2 is 1.80 bits per heavy atom. The molecule has 0 aliphatic carbocycles. The Morgan fingerprint density at radius 1 is 1.04 bits per heavy atom. The maximum Gasteiger partial charge on any atom is 0.224 e. The lowest BCUT2D eigenvalue weighted by atomic mass is 10.0. The van der Waals surface area contributed by atoms with Crippen molar-refractivity contribution in [2.75, 3.05) is 19.6 Å². The predicted octanol–water partition coefficient (Wildman–Crippen LogP) is 3.36. The van der Waals surface area contributed by atoms with Crippen molar-refractivity contribution in [3.05, 3.63) is 66.0 Å². The summed E-state index contributed by atoms with van der Waals surface area (Å²) in [5.74, 6) is 0.0590. The molecular weight excluding hydrogens is 310 g/mol. The second-order valence-corrected chi connectivity index (χ2v) is 6.72. The third kappa shape index (κ3) is 5.40. The Bertz CT molecular complexity index is 637. The summed E-state index contributed by atoms with van der Waals surface area (Å²) in [5.41, 5.74) is 2.23. The molecular formula is C21H27N3O. The van der Waals surface area contributed by atoms with E-state index in [1.54, 1.807) is 12.4 Å². The molecule has 25 heavy (non-hydrogen) atoms. The van der Waals surface area contributed by atoms with Gasteiger partial charge >= 0.3 is 0 Å². The van der Waals surface area contributed by atoms with Crippen molar-refractivity contribution < 1.29 is 4.79 Å². The second kappa shape index (κ2) is 9.33. The molecule has 1 fully saturated rings. The number of nitrogens with one attached hydrogen (secondary N) is 1. The minimum atomic E-state index is 0.0590. The first-order chi connectivity index (χ1) is 12.3. The van der Waals surface area contributed by atoms with Gasteiger partial charge in [-0.1, -0.05) is 49.2 Å². The van der Waals surface area contributed by atoms with Gasteiger partial charge in [0.1, 0.15) is 0 Å². The van der Waals surface area contributed by atoms with E-state index in [-0.39, 0.29) is 11.9 Å². The molecule has 1 atom stereocenters. The molecule has 4 nitrogen and oxygen atoms in total. The van der Waals surface area contributed by atoms with Crippen molar-refractivity contribution >= 4 is 5.91 Å². The molecule has 0 spiro atoms. The van der Waals surface area contributed by atoms with Gasteiger partial charge in [0.25, 0.3) is 0 Å². The molecule has 1 aromatic carbocycles. The monoisotopic (exact) mass is 337 g/mol. The molecule has 0 saturated carbocycles. The Balaban J connectivity index is 1.64. The van der Waals surface area contributed by atoms with Crippen molar-refractivity contribution in [2.45, 2.75) is 38.1 Å². The lowest BCUT2D eigenvalue weighted by Gasteiger charge is -2.31. The fourth-order valence-corrected chi connectivity index (χ4v) is 3.50. The fourth-order valence-electron chi connectivity index (χ4n) is 3.50. The van der Waals surface area contributed by atoms with Gasteiger partial charge in [-0.2, -0.15) is 0 Å². The first-order valence-electron chi connectivity index (χ1n) is 9.27. The molecule has 0 bridgehead atoms. The van der Waals surface area contributed by atoms with Crippen LogP contribution in [-0.2, 0) is 11.2 Å². The number of pyridine rings is 1. The first-order valence-corrected chi connectivity index (χ1v) is 9.27. The molecule has 1 aliphatic rings. The second-order valence-electron chi connectivity index (χ2n) is 6.72. The van der Waals surface area contributed by atoms with Crippen LogP contribution in [0.15, 0.2) is 54.9 Å². The number of amides is 1. The molecule has 2 heterocycles.